The fourth-order valence-electron chi connectivity index (χ4n) is 2.18. The second-order valence-corrected chi connectivity index (χ2v) is 4.41. The predicted molar refractivity (Wildman–Crippen MR) is 75.5 cm³/mol. The van der Waals surface area contributed by atoms with Crippen LogP contribution in [0.3, 0.4) is 0 Å². The lowest BCUT2D eigenvalue weighted by Gasteiger charge is -2.04. The van der Waals surface area contributed by atoms with Gasteiger partial charge in [0.05, 0.1) is 6.54 Å². The van der Waals surface area contributed by atoms with E-state index in [2.05, 4.69) is 4.98 Å². The number of nitrogen functional groups attached to an aromatic ring is 1. The van der Waals surface area contributed by atoms with Crippen LogP contribution in [-0.2, 0) is 6.54 Å². The van der Waals surface area contributed by atoms with Crippen molar-refractivity contribution in [2.75, 3.05) is 0 Å². The van der Waals surface area contributed by atoms with Gasteiger partial charge in [0, 0.05) is 23.3 Å². The monoisotopic (exact) mass is 284 g/mol. The summed E-state index contributed by atoms with van der Waals surface area (Å²) < 4.78 is 6.93. The molecule has 2 aromatic heterocycles. The normalized spacial score (nSPS) is 10.7. The number of benzene rings is 1. The van der Waals surface area contributed by atoms with Crippen molar-refractivity contribution < 1.29 is 9.21 Å². The molecule has 3 aromatic rings. The van der Waals surface area contributed by atoms with E-state index in [1.54, 1.807) is 24.4 Å². The molecular formula is C14H12N4O3. The maximum atomic E-state index is 11.8. The van der Waals surface area contributed by atoms with Crippen molar-refractivity contribution in [1.29, 1.82) is 0 Å². The van der Waals surface area contributed by atoms with Crippen LogP contribution in [0.5, 0.6) is 0 Å². The van der Waals surface area contributed by atoms with Crippen LogP contribution in [-0.4, -0.2) is 15.5 Å². The van der Waals surface area contributed by atoms with E-state index >= 15 is 0 Å². The summed E-state index contributed by atoms with van der Waals surface area (Å²) >= 11 is 0. The zero-order valence-electron chi connectivity index (χ0n) is 10.9. The summed E-state index contributed by atoms with van der Waals surface area (Å²) in [5.41, 5.74) is 2.79. The number of nitrogens with zero attached hydrogens (tertiary/aromatic N) is 2. The summed E-state index contributed by atoms with van der Waals surface area (Å²) in [6.07, 6.45) is 3.01. The third-order valence-corrected chi connectivity index (χ3v) is 3.15. The number of fused-ring (bicyclic) bond motifs is 1. The molecule has 1 amide bonds. The minimum atomic E-state index is -0.543. The lowest BCUT2D eigenvalue weighted by molar-refractivity contribution is 0.0926. The molecule has 0 atom stereocenters. The Labute approximate surface area is 119 Å². The Bertz CT molecular complexity index is 866. The molecule has 0 aliphatic rings. The second kappa shape index (κ2) is 5.22. The Hall–Kier alpha value is -2.93. The number of aromatic nitrogens is 2. The molecule has 7 heteroatoms. The highest BCUT2D eigenvalue weighted by Crippen LogP contribution is 2.26. The number of amides is 1. The minimum Gasteiger partial charge on any atom is -0.450 e. The fourth-order valence-corrected chi connectivity index (χ4v) is 2.18. The predicted octanol–water partition coefficient (Wildman–Crippen LogP) is 0.641. The highest BCUT2D eigenvalue weighted by Gasteiger charge is 2.20. The van der Waals surface area contributed by atoms with Crippen LogP contribution in [0.15, 0.2) is 51.9 Å². The molecule has 3 N–H and O–H groups in total. The van der Waals surface area contributed by atoms with Crippen molar-refractivity contribution in [2.24, 2.45) is 5.84 Å². The first-order chi connectivity index (χ1) is 10.2. The van der Waals surface area contributed by atoms with E-state index in [1.807, 2.05) is 17.6 Å². The number of carbonyl (C=O) groups is 1. The molecule has 0 bridgehead atoms. The van der Waals surface area contributed by atoms with Gasteiger partial charge in [-0.15, -0.1) is 0 Å². The van der Waals surface area contributed by atoms with Crippen molar-refractivity contribution in [1.82, 2.24) is 15.0 Å². The van der Waals surface area contributed by atoms with Gasteiger partial charge in [-0.2, -0.15) is 0 Å². The van der Waals surface area contributed by atoms with Crippen LogP contribution in [0, 0.1) is 0 Å². The van der Waals surface area contributed by atoms with Gasteiger partial charge in [0.1, 0.15) is 5.58 Å². The van der Waals surface area contributed by atoms with Gasteiger partial charge in [-0.25, -0.2) is 15.6 Å². The first-order valence-electron chi connectivity index (χ1n) is 6.23. The topological polar surface area (TPSA) is 103 Å². The Balaban J connectivity index is 2.18. The van der Waals surface area contributed by atoms with Crippen LogP contribution in [0.1, 0.15) is 16.1 Å². The number of hydrazine groups is 1. The maximum Gasteiger partial charge on any atom is 0.347 e. The fraction of sp³-hybridized carbons (Fsp3) is 0.0714. The number of carbonyl (C=O) groups excluding carboxylic acids is 1. The summed E-state index contributed by atoms with van der Waals surface area (Å²) in [6.45, 7) is 0.173. The first-order valence-corrected chi connectivity index (χ1v) is 6.23. The third-order valence-electron chi connectivity index (χ3n) is 3.15. The van der Waals surface area contributed by atoms with Crippen molar-refractivity contribution in [3.63, 3.8) is 0 Å². The molecule has 106 valence electrons. The number of furan rings is 1. The molecule has 21 heavy (non-hydrogen) atoms. The van der Waals surface area contributed by atoms with E-state index in [1.165, 1.54) is 10.8 Å². The molecule has 0 saturated heterocycles. The largest absolute Gasteiger partial charge is 0.450 e. The van der Waals surface area contributed by atoms with Gasteiger partial charge in [-0.3, -0.25) is 14.8 Å². The molecule has 3 rings (SSSR count). The molecule has 0 spiro atoms. The average Bonchev–Trinajstić information content (AvgIpc) is 2.88. The zero-order chi connectivity index (χ0) is 14.8. The van der Waals surface area contributed by atoms with Gasteiger partial charge < -0.3 is 4.42 Å². The summed E-state index contributed by atoms with van der Waals surface area (Å²) in [5.74, 6) is 4.73. The molecule has 0 fully saturated rings. The van der Waals surface area contributed by atoms with Gasteiger partial charge in [0.2, 0.25) is 0 Å². The molecule has 7 nitrogen and oxygen atoms in total. The number of hydrogen-bond donors (Lipinski definition) is 2. The Morgan fingerprint density at radius 2 is 2.14 bits per heavy atom. The van der Waals surface area contributed by atoms with Crippen LogP contribution in [0.25, 0.3) is 11.0 Å². The van der Waals surface area contributed by atoms with Crippen molar-refractivity contribution in [2.45, 2.75) is 6.54 Å². The van der Waals surface area contributed by atoms with E-state index in [9.17, 15) is 9.59 Å². The zero-order valence-corrected chi connectivity index (χ0v) is 10.9. The first kappa shape index (κ1) is 13.1. The van der Waals surface area contributed by atoms with Crippen molar-refractivity contribution in [3.8, 4) is 0 Å². The van der Waals surface area contributed by atoms with E-state index in [-0.39, 0.29) is 12.3 Å². The summed E-state index contributed by atoms with van der Waals surface area (Å²) in [4.78, 5) is 27.3. The van der Waals surface area contributed by atoms with E-state index < -0.39 is 11.6 Å². The van der Waals surface area contributed by atoms with E-state index in [0.29, 0.717) is 11.1 Å². The highest BCUT2D eigenvalue weighted by atomic mass is 16.3. The van der Waals surface area contributed by atoms with Gasteiger partial charge >= 0.3 is 11.6 Å². The van der Waals surface area contributed by atoms with Gasteiger partial charge in [-0.1, -0.05) is 18.2 Å². The molecule has 0 radical (unpaired) electrons. The lowest BCUT2D eigenvalue weighted by Crippen LogP contribution is -2.31. The van der Waals surface area contributed by atoms with Crippen LogP contribution >= 0.6 is 0 Å². The number of hydrogen-bond acceptors (Lipinski definition) is 5. The number of nitrogens with two attached hydrogens (primary N) is 1. The third kappa shape index (κ3) is 2.30. The Morgan fingerprint density at radius 1 is 1.33 bits per heavy atom. The van der Waals surface area contributed by atoms with Crippen molar-refractivity contribution >= 4 is 16.9 Å². The quantitative estimate of drug-likeness (QED) is 0.417. The molecule has 2 heterocycles. The second-order valence-electron chi connectivity index (χ2n) is 4.41. The Kier molecular flexibility index (Phi) is 3.25. The molecular weight excluding hydrogens is 272 g/mol. The van der Waals surface area contributed by atoms with Gasteiger partial charge in [-0.05, 0) is 12.1 Å². The SMILES string of the molecule is NNC(=O)c1oc2ccccc2c1Cn1cccnc1=O. The number of rotatable bonds is 3. The average molecular weight is 284 g/mol. The van der Waals surface area contributed by atoms with Gasteiger partial charge in [0.25, 0.3) is 0 Å². The highest BCUT2D eigenvalue weighted by molar-refractivity contribution is 5.98. The smallest absolute Gasteiger partial charge is 0.347 e. The molecule has 0 aliphatic heterocycles. The van der Waals surface area contributed by atoms with Crippen LogP contribution < -0.4 is 17.0 Å². The Morgan fingerprint density at radius 3 is 2.90 bits per heavy atom. The lowest BCUT2D eigenvalue weighted by atomic mass is 10.1. The van der Waals surface area contributed by atoms with E-state index in [4.69, 9.17) is 10.3 Å². The van der Waals surface area contributed by atoms with Crippen LogP contribution in [0.4, 0.5) is 0 Å². The number of para-hydroxylation sites is 1. The molecule has 0 unspecified atom stereocenters. The summed E-state index contributed by atoms with van der Waals surface area (Å²) in [5, 5.41) is 0.756. The molecule has 0 aliphatic carbocycles. The van der Waals surface area contributed by atoms with Crippen molar-refractivity contribution in [3.05, 3.63) is 64.5 Å². The van der Waals surface area contributed by atoms with Gasteiger partial charge in [0.15, 0.2) is 5.76 Å². The summed E-state index contributed by atoms with van der Waals surface area (Å²) in [7, 11) is 0. The minimum absolute atomic E-state index is 0.0921. The molecule has 1 aromatic carbocycles. The maximum absolute atomic E-state index is 11.8. The summed E-state index contributed by atoms with van der Waals surface area (Å²) in [6, 6.07) is 8.85. The molecule has 0 saturated carbocycles. The standard InChI is InChI=1S/C14H12N4O3/c15-17-13(19)12-10(8-18-7-3-6-16-14(18)20)9-4-1-2-5-11(9)21-12/h1-7H,8,15H2,(H,17,19). The number of nitrogens with one attached hydrogen (secondary N) is 1. The van der Waals surface area contributed by atoms with Crippen LogP contribution in [0.2, 0.25) is 0 Å². The van der Waals surface area contributed by atoms with E-state index in [0.717, 1.165) is 5.39 Å².